The lowest BCUT2D eigenvalue weighted by atomic mass is 10.2. The van der Waals surface area contributed by atoms with Crippen LogP contribution in [0.1, 0.15) is 31.5 Å². The summed E-state index contributed by atoms with van der Waals surface area (Å²) in [7, 11) is 1.62. The molecule has 0 fully saturated rings. The first-order chi connectivity index (χ1) is 6.67. The lowest BCUT2D eigenvalue weighted by Gasteiger charge is -2.08. The summed E-state index contributed by atoms with van der Waals surface area (Å²) in [6, 6.07) is 0. The van der Waals surface area contributed by atoms with E-state index in [0.717, 1.165) is 5.82 Å². The van der Waals surface area contributed by atoms with Gasteiger partial charge < -0.3 is 15.0 Å². The fourth-order valence-electron chi connectivity index (χ4n) is 1.04. The van der Waals surface area contributed by atoms with Crippen LogP contribution in [0.15, 0.2) is 4.52 Å². The van der Waals surface area contributed by atoms with Crippen LogP contribution >= 0.6 is 0 Å². The number of rotatable bonds is 5. The Morgan fingerprint density at radius 3 is 2.64 bits per heavy atom. The molecule has 5 nitrogen and oxygen atoms in total. The summed E-state index contributed by atoms with van der Waals surface area (Å²) in [6.07, 6.45) is 0.530. The predicted octanol–water partition coefficient (Wildman–Crippen LogP) is 0.709. The Morgan fingerprint density at radius 1 is 1.50 bits per heavy atom. The van der Waals surface area contributed by atoms with Gasteiger partial charge in [0.1, 0.15) is 0 Å². The summed E-state index contributed by atoms with van der Waals surface area (Å²) in [4.78, 5) is 4.23. The lowest BCUT2D eigenvalue weighted by Crippen LogP contribution is -2.24. The fourth-order valence-corrected chi connectivity index (χ4v) is 1.04. The molecule has 0 radical (unpaired) electrons. The molecule has 1 rings (SSSR count). The van der Waals surface area contributed by atoms with Crippen molar-refractivity contribution in [3.63, 3.8) is 0 Å². The highest BCUT2D eigenvalue weighted by molar-refractivity contribution is 4.92. The summed E-state index contributed by atoms with van der Waals surface area (Å²) >= 11 is 0. The zero-order valence-corrected chi connectivity index (χ0v) is 8.86. The van der Waals surface area contributed by atoms with E-state index in [2.05, 4.69) is 10.1 Å². The number of hydrogen-bond acceptors (Lipinski definition) is 5. The smallest absolute Gasteiger partial charge is 0.229 e. The second-order valence-electron chi connectivity index (χ2n) is 3.50. The third kappa shape index (κ3) is 2.78. The van der Waals surface area contributed by atoms with Gasteiger partial charge in [0.15, 0.2) is 5.82 Å². The van der Waals surface area contributed by atoms with Crippen molar-refractivity contribution in [2.24, 2.45) is 5.73 Å². The fraction of sp³-hybridized carbons (Fsp3) is 0.778. The summed E-state index contributed by atoms with van der Waals surface area (Å²) in [5.74, 6) is 1.60. The van der Waals surface area contributed by atoms with Gasteiger partial charge in [0.2, 0.25) is 5.89 Å². The highest BCUT2D eigenvalue weighted by atomic mass is 16.5. The maximum atomic E-state index is 5.48. The molecule has 0 saturated heterocycles. The van der Waals surface area contributed by atoms with E-state index in [-0.39, 0.29) is 12.0 Å². The Labute approximate surface area is 83.6 Å². The first-order valence-electron chi connectivity index (χ1n) is 4.72. The molecule has 1 aromatic rings. The van der Waals surface area contributed by atoms with Gasteiger partial charge in [-0.2, -0.15) is 4.98 Å². The summed E-state index contributed by atoms with van der Waals surface area (Å²) in [6.45, 7) is 4.49. The van der Waals surface area contributed by atoms with Crippen LogP contribution in [0.25, 0.3) is 0 Å². The zero-order chi connectivity index (χ0) is 10.6. The summed E-state index contributed by atoms with van der Waals surface area (Å²) in [5, 5.41) is 3.85. The Kier molecular flexibility index (Phi) is 4.03. The first kappa shape index (κ1) is 11.1. The quantitative estimate of drug-likeness (QED) is 0.756. The second kappa shape index (κ2) is 5.07. The lowest BCUT2D eigenvalue weighted by molar-refractivity contribution is 0.102. The van der Waals surface area contributed by atoms with Crippen molar-refractivity contribution in [2.75, 3.05) is 13.7 Å². The van der Waals surface area contributed by atoms with Gasteiger partial charge in [-0.05, 0) is 0 Å². The molecule has 0 aliphatic carbocycles. The number of hydrogen-bond donors (Lipinski definition) is 1. The van der Waals surface area contributed by atoms with Crippen LogP contribution in [-0.4, -0.2) is 29.9 Å². The molecule has 1 atom stereocenters. The van der Waals surface area contributed by atoms with Crippen molar-refractivity contribution in [3.05, 3.63) is 11.7 Å². The zero-order valence-electron chi connectivity index (χ0n) is 8.86. The van der Waals surface area contributed by atoms with E-state index in [1.165, 1.54) is 0 Å². The van der Waals surface area contributed by atoms with Gasteiger partial charge in [-0.25, -0.2) is 0 Å². The van der Waals surface area contributed by atoms with Gasteiger partial charge in [-0.3, -0.25) is 0 Å². The topological polar surface area (TPSA) is 74.2 Å². The normalized spacial score (nSPS) is 13.5. The van der Waals surface area contributed by atoms with Gasteiger partial charge >= 0.3 is 0 Å². The molecule has 1 heterocycles. The van der Waals surface area contributed by atoms with Crippen LogP contribution in [0.5, 0.6) is 0 Å². The van der Waals surface area contributed by atoms with Crippen LogP contribution in [0.4, 0.5) is 0 Å². The third-order valence-corrected chi connectivity index (χ3v) is 2.00. The largest absolute Gasteiger partial charge is 0.380 e. The van der Waals surface area contributed by atoms with E-state index in [4.69, 9.17) is 15.0 Å². The van der Waals surface area contributed by atoms with Crippen LogP contribution in [-0.2, 0) is 11.2 Å². The molecule has 0 amide bonds. The van der Waals surface area contributed by atoms with Crippen LogP contribution in [0.2, 0.25) is 0 Å². The minimum absolute atomic E-state index is 0.0459. The molecular weight excluding hydrogens is 182 g/mol. The molecule has 0 bridgehead atoms. The maximum Gasteiger partial charge on any atom is 0.229 e. The highest BCUT2D eigenvalue weighted by Crippen LogP contribution is 2.10. The molecule has 2 N–H and O–H groups in total. The molecule has 0 aliphatic heterocycles. The Balaban J connectivity index is 2.58. The van der Waals surface area contributed by atoms with Gasteiger partial charge in [0.25, 0.3) is 0 Å². The molecular formula is C9H17N3O2. The Hall–Kier alpha value is -0.940. The van der Waals surface area contributed by atoms with Crippen LogP contribution in [0.3, 0.4) is 0 Å². The van der Waals surface area contributed by atoms with E-state index < -0.39 is 0 Å². The Bertz CT molecular complexity index is 269. The second-order valence-corrected chi connectivity index (χ2v) is 3.50. The van der Waals surface area contributed by atoms with Crippen LogP contribution < -0.4 is 5.73 Å². The van der Waals surface area contributed by atoms with Crippen molar-refractivity contribution in [1.82, 2.24) is 10.1 Å². The van der Waals surface area contributed by atoms with Gasteiger partial charge in [0.05, 0.1) is 12.5 Å². The predicted molar refractivity (Wildman–Crippen MR) is 51.9 cm³/mol. The van der Waals surface area contributed by atoms with E-state index in [9.17, 15) is 0 Å². The number of nitrogens with zero attached hydrogens (tertiary/aromatic N) is 2. The van der Waals surface area contributed by atoms with E-state index in [0.29, 0.717) is 18.9 Å². The minimum Gasteiger partial charge on any atom is -0.380 e. The standard InChI is InChI=1S/C9H17N3O2/c1-6(2)9-11-8(14-12-9)4-7(5-10)13-3/h6-7H,4-5,10H2,1-3H3. The van der Waals surface area contributed by atoms with Crippen LogP contribution in [0, 0.1) is 0 Å². The van der Waals surface area contributed by atoms with E-state index >= 15 is 0 Å². The minimum atomic E-state index is -0.0459. The molecule has 0 aliphatic rings. The maximum absolute atomic E-state index is 5.48. The summed E-state index contributed by atoms with van der Waals surface area (Å²) < 4.78 is 10.2. The average molecular weight is 199 g/mol. The molecule has 1 aromatic heterocycles. The first-order valence-corrected chi connectivity index (χ1v) is 4.72. The third-order valence-electron chi connectivity index (χ3n) is 2.00. The van der Waals surface area contributed by atoms with Crippen molar-refractivity contribution in [3.8, 4) is 0 Å². The van der Waals surface area contributed by atoms with E-state index in [1.807, 2.05) is 13.8 Å². The number of ether oxygens (including phenoxy) is 1. The number of methoxy groups -OCH3 is 1. The molecule has 5 heteroatoms. The molecule has 0 saturated carbocycles. The van der Waals surface area contributed by atoms with Crippen molar-refractivity contribution < 1.29 is 9.26 Å². The van der Waals surface area contributed by atoms with Crippen molar-refractivity contribution in [2.45, 2.75) is 32.3 Å². The number of nitrogens with two attached hydrogens (primary N) is 1. The molecule has 80 valence electrons. The molecule has 0 aromatic carbocycles. The van der Waals surface area contributed by atoms with Crippen molar-refractivity contribution in [1.29, 1.82) is 0 Å². The van der Waals surface area contributed by atoms with Gasteiger partial charge in [0, 0.05) is 19.6 Å². The summed E-state index contributed by atoms with van der Waals surface area (Å²) in [5.41, 5.74) is 5.48. The van der Waals surface area contributed by atoms with Gasteiger partial charge in [-0.15, -0.1) is 0 Å². The number of aromatic nitrogens is 2. The Morgan fingerprint density at radius 2 is 2.21 bits per heavy atom. The molecule has 0 spiro atoms. The monoisotopic (exact) mass is 199 g/mol. The highest BCUT2D eigenvalue weighted by Gasteiger charge is 2.13. The van der Waals surface area contributed by atoms with E-state index in [1.54, 1.807) is 7.11 Å². The molecule has 14 heavy (non-hydrogen) atoms. The molecule has 1 unspecified atom stereocenters. The average Bonchev–Trinajstić information content (AvgIpc) is 2.62. The van der Waals surface area contributed by atoms with Crippen molar-refractivity contribution >= 4 is 0 Å². The van der Waals surface area contributed by atoms with Gasteiger partial charge in [-0.1, -0.05) is 19.0 Å². The SMILES string of the molecule is COC(CN)Cc1nc(C(C)C)no1.